The first-order valence-electron chi connectivity index (χ1n) is 4.31. The molecule has 0 aromatic carbocycles. The Kier molecular flexibility index (Phi) is 3.06. The van der Waals surface area contributed by atoms with Gasteiger partial charge < -0.3 is 5.11 Å². The lowest BCUT2D eigenvalue weighted by atomic mass is 10.1. The van der Waals surface area contributed by atoms with Crippen molar-refractivity contribution >= 4 is 5.97 Å². The number of aromatic nitrogens is 2. The van der Waals surface area contributed by atoms with E-state index in [9.17, 15) is 4.79 Å². The monoisotopic (exact) mass is 182 g/mol. The van der Waals surface area contributed by atoms with Crippen molar-refractivity contribution < 1.29 is 9.90 Å². The van der Waals surface area contributed by atoms with E-state index in [-0.39, 0.29) is 5.92 Å². The van der Waals surface area contributed by atoms with Crippen LogP contribution < -0.4 is 0 Å². The Hall–Kier alpha value is -1.32. The van der Waals surface area contributed by atoms with E-state index in [0.29, 0.717) is 13.0 Å². The number of carbonyl (C=O) groups is 1. The van der Waals surface area contributed by atoms with Gasteiger partial charge in [0.15, 0.2) is 0 Å². The van der Waals surface area contributed by atoms with E-state index in [4.69, 9.17) is 5.11 Å². The summed E-state index contributed by atoms with van der Waals surface area (Å²) in [5.41, 5.74) is 1.10. The predicted molar refractivity (Wildman–Crippen MR) is 48.4 cm³/mol. The van der Waals surface area contributed by atoms with Gasteiger partial charge in [0, 0.05) is 12.7 Å². The minimum absolute atomic E-state index is 0.301. The molecule has 4 nitrogen and oxygen atoms in total. The van der Waals surface area contributed by atoms with Gasteiger partial charge in [-0.2, -0.15) is 5.10 Å². The van der Waals surface area contributed by atoms with Crippen LogP contribution in [0.3, 0.4) is 0 Å². The molecule has 1 unspecified atom stereocenters. The molecule has 0 aliphatic rings. The van der Waals surface area contributed by atoms with Crippen molar-refractivity contribution in [1.29, 1.82) is 0 Å². The van der Waals surface area contributed by atoms with Gasteiger partial charge in [-0.15, -0.1) is 0 Å². The summed E-state index contributed by atoms with van der Waals surface area (Å²) in [6.45, 7) is 4.34. The van der Waals surface area contributed by atoms with Crippen LogP contribution in [-0.4, -0.2) is 20.9 Å². The number of aliphatic carboxylic acids is 1. The van der Waals surface area contributed by atoms with E-state index in [1.54, 1.807) is 17.8 Å². The maximum atomic E-state index is 10.5. The second kappa shape index (κ2) is 4.07. The fourth-order valence-electron chi connectivity index (χ4n) is 1.04. The van der Waals surface area contributed by atoms with Gasteiger partial charge in [-0.05, 0) is 18.9 Å². The van der Waals surface area contributed by atoms with Gasteiger partial charge in [-0.3, -0.25) is 9.48 Å². The van der Waals surface area contributed by atoms with Gasteiger partial charge >= 0.3 is 5.97 Å². The molecule has 0 saturated carbocycles. The summed E-state index contributed by atoms with van der Waals surface area (Å²) < 4.78 is 1.77. The highest BCUT2D eigenvalue weighted by atomic mass is 16.4. The molecule has 1 rings (SSSR count). The zero-order valence-electron chi connectivity index (χ0n) is 7.90. The predicted octanol–water partition coefficient (Wildman–Crippen LogP) is 1.30. The minimum atomic E-state index is -0.746. The quantitative estimate of drug-likeness (QED) is 0.763. The molecule has 0 amide bonds. The lowest BCUT2D eigenvalue weighted by Crippen LogP contribution is -2.12. The van der Waals surface area contributed by atoms with Gasteiger partial charge in [0.1, 0.15) is 0 Å². The van der Waals surface area contributed by atoms with Gasteiger partial charge in [-0.1, -0.05) is 6.92 Å². The van der Waals surface area contributed by atoms with E-state index < -0.39 is 5.97 Å². The maximum Gasteiger partial charge on any atom is 0.306 e. The van der Waals surface area contributed by atoms with Crippen LogP contribution in [0.4, 0.5) is 0 Å². The molecular formula is C9H14N2O2. The topological polar surface area (TPSA) is 55.1 Å². The van der Waals surface area contributed by atoms with Crippen LogP contribution in [0.5, 0.6) is 0 Å². The Labute approximate surface area is 77.2 Å². The number of carboxylic acids is 1. The van der Waals surface area contributed by atoms with Crippen LogP contribution in [-0.2, 0) is 11.3 Å². The summed E-state index contributed by atoms with van der Waals surface area (Å²) in [4.78, 5) is 10.5. The normalized spacial score (nSPS) is 12.8. The maximum absolute atomic E-state index is 10.5. The highest BCUT2D eigenvalue weighted by molar-refractivity contribution is 5.69. The van der Waals surface area contributed by atoms with Crippen LogP contribution in [0.15, 0.2) is 12.4 Å². The first kappa shape index (κ1) is 9.77. The zero-order chi connectivity index (χ0) is 9.84. The Morgan fingerprint density at radius 3 is 2.92 bits per heavy atom. The van der Waals surface area contributed by atoms with Crippen molar-refractivity contribution in [3.05, 3.63) is 18.0 Å². The van der Waals surface area contributed by atoms with Gasteiger partial charge in [-0.25, -0.2) is 0 Å². The molecule has 1 aromatic heterocycles. The lowest BCUT2D eigenvalue weighted by molar-refractivity contribution is -0.141. The zero-order valence-corrected chi connectivity index (χ0v) is 7.90. The van der Waals surface area contributed by atoms with Crippen LogP contribution in [0.2, 0.25) is 0 Å². The molecule has 4 heteroatoms. The van der Waals surface area contributed by atoms with E-state index in [1.165, 1.54) is 0 Å². The van der Waals surface area contributed by atoms with Crippen LogP contribution in [0.25, 0.3) is 0 Å². The Bertz CT molecular complexity index is 294. The summed E-state index contributed by atoms with van der Waals surface area (Å²) in [7, 11) is 0. The molecule has 0 aliphatic heterocycles. The van der Waals surface area contributed by atoms with Crippen LogP contribution >= 0.6 is 0 Å². The van der Waals surface area contributed by atoms with Crippen molar-refractivity contribution in [3.63, 3.8) is 0 Å². The molecular weight excluding hydrogens is 168 g/mol. The van der Waals surface area contributed by atoms with Gasteiger partial charge in [0.05, 0.1) is 12.1 Å². The average molecular weight is 182 g/mol. The molecule has 1 atom stereocenters. The average Bonchev–Trinajstić information content (AvgIpc) is 2.47. The molecule has 72 valence electrons. The second-order valence-corrected chi connectivity index (χ2v) is 3.31. The number of rotatable bonds is 4. The largest absolute Gasteiger partial charge is 0.481 e. The van der Waals surface area contributed by atoms with Crippen LogP contribution in [0, 0.1) is 12.8 Å². The Morgan fingerprint density at radius 1 is 1.77 bits per heavy atom. The first-order valence-corrected chi connectivity index (χ1v) is 4.31. The number of hydrogen-bond donors (Lipinski definition) is 1. The van der Waals surface area contributed by atoms with E-state index >= 15 is 0 Å². The first-order chi connectivity index (χ1) is 6.09. The number of carboxylic acid groups (broad SMARTS) is 1. The summed E-state index contributed by atoms with van der Waals surface area (Å²) in [5.74, 6) is -1.05. The third kappa shape index (κ3) is 2.89. The van der Waals surface area contributed by atoms with Crippen molar-refractivity contribution in [3.8, 4) is 0 Å². The summed E-state index contributed by atoms with van der Waals surface area (Å²) in [6, 6.07) is 0. The highest BCUT2D eigenvalue weighted by Gasteiger charge is 2.10. The summed E-state index contributed by atoms with van der Waals surface area (Å²) >= 11 is 0. The van der Waals surface area contributed by atoms with Gasteiger partial charge in [0.2, 0.25) is 0 Å². The summed E-state index contributed by atoms with van der Waals surface area (Å²) in [6.07, 6.45) is 4.30. The third-order valence-corrected chi connectivity index (χ3v) is 1.98. The SMILES string of the molecule is Cc1cnn(CCC(C)C(=O)O)c1. The molecule has 0 radical (unpaired) electrons. The van der Waals surface area contributed by atoms with E-state index in [0.717, 1.165) is 5.56 Å². The smallest absolute Gasteiger partial charge is 0.306 e. The molecule has 1 heterocycles. The second-order valence-electron chi connectivity index (χ2n) is 3.31. The minimum Gasteiger partial charge on any atom is -0.481 e. The molecule has 0 saturated heterocycles. The molecule has 0 aliphatic carbocycles. The fraction of sp³-hybridized carbons (Fsp3) is 0.556. The van der Waals surface area contributed by atoms with Crippen LogP contribution in [0.1, 0.15) is 18.9 Å². The van der Waals surface area contributed by atoms with Crippen molar-refractivity contribution in [2.45, 2.75) is 26.8 Å². The fourth-order valence-corrected chi connectivity index (χ4v) is 1.04. The molecule has 1 N–H and O–H groups in total. The summed E-state index contributed by atoms with van der Waals surface area (Å²) in [5, 5.41) is 12.7. The Morgan fingerprint density at radius 2 is 2.46 bits per heavy atom. The Balaban J connectivity index is 2.39. The third-order valence-electron chi connectivity index (χ3n) is 1.98. The van der Waals surface area contributed by atoms with Crippen molar-refractivity contribution in [2.75, 3.05) is 0 Å². The van der Waals surface area contributed by atoms with E-state index in [2.05, 4.69) is 5.10 Å². The van der Waals surface area contributed by atoms with Gasteiger partial charge in [0.25, 0.3) is 0 Å². The van der Waals surface area contributed by atoms with Crippen molar-refractivity contribution in [2.24, 2.45) is 5.92 Å². The number of hydrogen-bond acceptors (Lipinski definition) is 2. The molecule has 0 fully saturated rings. The molecule has 0 bridgehead atoms. The molecule has 1 aromatic rings. The number of aryl methyl sites for hydroxylation is 2. The van der Waals surface area contributed by atoms with Crippen molar-refractivity contribution in [1.82, 2.24) is 9.78 Å². The lowest BCUT2D eigenvalue weighted by Gasteiger charge is -2.05. The standard InChI is InChI=1S/C9H14N2O2/c1-7-5-10-11(6-7)4-3-8(2)9(12)13/h5-6,8H,3-4H2,1-2H3,(H,12,13). The number of nitrogens with zero attached hydrogens (tertiary/aromatic N) is 2. The molecule has 0 spiro atoms. The van der Waals surface area contributed by atoms with E-state index in [1.807, 2.05) is 13.1 Å². The highest BCUT2D eigenvalue weighted by Crippen LogP contribution is 2.04. The molecule has 13 heavy (non-hydrogen) atoms.